The third kappa shape index (κ3) is 4.18. The number of amides is 1. The first kappa shape index (κ1) is 21.1. The molecule has 0 saturated carbocycles. The van der Waals surface area contributed by atoms with Gasteiger partial charge in [0.1, 0.15) is 0 Å². The van der Waals surface area contributed by atoms with Crippen molar-refractivity contribution < 1.29 is 4.79 Å². The number of nitrogens with zero attached hydrogens (tertiary/aromatic N) is 5. The van der Waals surface area contributed by atoms with E-state index >= 15 is 0 Å². The van der Waals surface area contributed by atoms with Crippen LogP contribution in [0.3, 0.4) is 0 Å². The summed E-state index contributed by atoms with van der Waals surface area (Å²) in [5, 5.41) is 8.39. The van der Waals surface area contributed by atoms with Gasteiger partial charge >= 0.3 is 0 Å². The highest BCUT2D eigenvalue weighted by Crippen LogP contribution is 2.29. The molecule has 1 aliphatic heterocycles. The van der Waals surface area contributed by atoms with Gasteiger partial charge in [0.15, 0.2) is 11.5 Å². The minimum atomic E-state index is -0.186. The molecule has 1 N–H and O–H groups in total. The zero-order valence-electron chi connectivity index (χ0n) is 19.0. The lowest BCUT2D eigenvalue weighted by molar-refractivity contribution is 0.102. The summed E-state index contributed by atoms with van der Waals surface area (Å²) < 4.78 is 1.86. The average molecular weight is 441 g/mol. The molecule has 0 bridgehead atoms. The molecule has 0 spiro atoms. The average Bonchev–Trinajstić information content (AvgIpc) is 3.29. The maximum atomic E-state index is 13.6. The molecule has 4 heterocycles. The number of hydrogen-bond donors (Lipinski definition) is 1. The van der Waals surface area contributed by atoms with E-state index in [1.165, 1.54) is 6.42 Å². The Labute approximate surface area is 193 Å². The third-order valence-corrected chi connectivity index (χ3v) is 6.06. The largest absolute Gasteiger partial charge is 0.355 e. The predicted octanol–water partition coefficient (Wildman–Crippen LogP) is 5.32. The highest BCUT2D eigenvalue weighted by atomic mass is 16.1. The lowest BCUT2D eigenvalue weighted by Gasteiger charge is -2.29. The van der Waals surface area contributed by atoms with Gasteiger partial charge in [-0.25, -0.2) is 14.6 Å². The van der Waals surface area contributed by atoms with Gasteiger partial charge in [-0.1, -0.05) is 30.3 Å². The first-order valence-electron chi connectivity index (χ1n) is 11.6. The fourth-order valence-corrected chi connectivity index (χ4v) is 4.38. The number of benzene rings is 1. The Hall–Kier alpha value is -3.74. The molecule has 5 rings (SSSR count). The van der Waals surface area contributed by atoms with Crippen molar-refractivity contribution in [3.63, 3.8) is 0 Å². The molecular formula is C26H28N6O. The van der Waals surface area contributed by atoms with Crippen LogP contribution in [0.25, 0.3) is 22.3 Å². The number of hydrogen-bond acceptors (Lipinski definition) is 5. The number of fused-ring (bicyclic) bond motifs is 1. The van der Waals surface area contributed by atoms with E-state index in [-0.39, 0.29) is 11.9 Å². The number of rotatable bonds is 5. The highest BCUT2D eigenvalue weighted by molar-refractivity contribution is 6.13. The van der Waals surface area contributed by atoms with Gasteiger partial charge in [-0.3, -0.25) is 4.79 Å². The molecule has 1 amide bonds. The van der Waals surface area contributed by atoms with Crippen LogP contribution in [0.4, 0.5) is 11.5 Å². The summed E-state index contributed by atoms with van der Waals surface area (Å²) >= 11 is 0. The monoisotopic (exact) mass is 440 g/mol. The molecule has 33 heavy (non-hydrogen) atoms. The first-order chi connectivity index (χ1) is 16.1. The van der Waals surface area contributed by atoms with E-state index in [1.54, 1.807) is 12.4 Å². The summed E-state index contributed by atoms with van der Waals surface area (Å²) in [6.07, 6.45) is 7.04. The van der Waals surface area contributed by atoms with Crippen molar-refractivity contribution in [1.29, 1.82) is 0 Å². The Bertz CT molecular complexity index is 1270. The fourth-order valence-electron chi connectivity index (χ4n) is 4.38. The van der Waals surface area contributed by atoms with Crippen molar-refractivity contribution in [3.8, 4) is 11.3 Å². The molecule has 168 valence electrons. The zero-order valence-corrected chi connectivity index (χ0v) is 19.0. The molecule has 1 aromatic carbocycles. The smallest absolute Gasteiger partial charge is 0.256 e. The van der Waals surface area contributed by atoms with Crippen LogP contribution in [-0.4, -0.2) is 38.7 Å². The Morgan fingerprint density at radius 2 is 1.82 bits per heavy atom. The fraction of sp³-hybridized carbons (Fsp3) is 0.308. The van der Waals surface area contributed by atoms with Gasteiger partial charge in [0.05, 0.1) is 28.5 Å². The highest BCUT2D eigenvalue weighted by Gasteiger charge is 2.21. The number of anilines is 2. The second kappa shape index (κ2) is 9.02. The number of nitrogens with one attached hydrogen (secondary N) is 1. The topological polar surface area (TPSA) is 75.9 Å². The molecule has 7 nitrogen and oxygen atoms in total. The van der Waals surface area contributed by atoms with Crippen LogP contribution in [0, 0.1) is 0 Å². The minimum Gasteiger partial charge on any atom is -0.355 e. The summed E-state index contributed by atoms with van der Waals surface area (Å²) in [5.74, 6) is 0.645. The molecule has 7 heteroatoms. The van der Waals surface area contributed by atoms with Crippen LogP contribution in [-0.2, 0) is 0 Å². The van der Waals surface area contributed by atoms with Gasteiger partial charge in [-0.15, -0.1) is 0 Å². The second-order valence-corrected chi connectivity index (χ2v) is 8.72. The Morgan fingerprint density at radius 3 is 2.58 bits per heavy atom. The third-order valence-electron chi connectivity index (χ3n) is 6.06. The van der Waals surface area contributed by atoms with Crippen LogP contribution in [0.1, 0.15) is 49.5 Å². The molecule has 0 unspecified atom stereocenters. The standard InChI is InChI=1S/C26H28N6O/c1-18(2)32-24-21(17-28-32)20(16-23(29-24)19-10-5-3-6-11-19)26(33)30-22-12-9-13-27-25(22)31-14-7-4-8-15-31/h3,5-6,9-13,16-18H,4,7-8,14-15H2,1-2H3,(H,30,33). The van der Waals surface area contributed by atoms with Gasteiger partial charge < -0.3 is 10.2 Å². The van der Waals surface area contributed by atoms with Gasteiger partial charge in [-0.2, -0.15) is 5.10 Å². The Kier molecular flexibility index (Phi) is 5.77. The van der Waals surface area contributed by atoms with Crippen molar-refractivity contribution in [2.45, 2.75) is 39.2 Å². The van der Waals surface area contributed by atoms with Gasteiger partial charge in [0, 0.05) is 30.9 Å². The van der Waals surface area contributed by atoms with E-state index < -0.39 is 0 Å². The van der Waals surface area contributed by atoms with Crippen molar-refractivity contribution in [2.75, 3.05) is 23.3 Å². The van der Waals surface area contributed by atoms with Gasteiger partial charge in [0.25, 0.3) is 5.91 Å². The summed E-state index contributed by atoms with van der Waals surface area (Å²) in [7, 11) is 0. The molecule has 0 atom stereocenters. The number of piperidine rings is 1. The Balaban J connectivity index is 1.57. The van der Waals surface area contributed by atoms with Crippen LogP contribution in [0.5, 0.6) is 0 Å². The zero-order chi connectivity index (χ0) is 22.8. The number of aromatic nitrogens is 4. The molecule has 1 fully saturated rings. The van der Waals surface area contributed by atoms with E-state index in [9.17, 15) is 4.79 Å². The summed E-state index contributed by atoms with van der Waals surface area (Å²) in [6, 6.07) is 15.7. The van der Waals surface area contributed by atoms with Crippen molar-refractivity contribution in [2.24, 2.45) is 0 Å². The summed E-state index contributed by atoms with van der Waals surface area (Å²) in [6.45, 7) is 6.03. The van der Waals surface area contributed by atoms with Crippen LogP contribution in [0.2, 0.25) is 0 Å². The van der Waals surface area contributed by atoms with E-state index in [4.69, 9.17) is 4.98 Å². The first-order valence-corrected chi connectivity index (χ1v) is 11.6. The predicted molar refractivity (Wildman–Crippen MR) is 132 cm³/mol. The molecule has 3 aromatic heterocycles. The number of carbonyl (C=O) groups excluding carboxylic acids is 1. The minimum absolute atomic E-state index is 0.126. The quantitative estimate of drug-likeness (QED) is 0.455. The van der Waals surface area contributed by atoms with Crippen molar-refractivity contribution >= 4 is 28.4 Å². The van der Waals surface area contributed by atoms with Gasteiger partial charge in [0.2, 0.25) is 0 Å². The van der Waals surface area contributed by atoms with Crippen LogP contribution < -0.4 is 10.2 Å². The summed E-state index contributed by atoms with van der Waals surface area (Å²) in [5.41, 5.74) is 3.70. The van der Waals surface area contributed by atoms with Crippen LogP contribution >= 0.6 is 0 Å². The van der Waals surface area contributed by atoms with Crippen LogP contribution in [0.15, 0.2) is 60.9 Å². The second-order valence-electron chi connectivity index (χ2n) is 8.72. The molecule has 0 aliphatic carbocycles. The maximum absolute atomic E-state index is 13.6. The lowest BCUT2D eigenvalue weighted by atomic mass is 10.1. The Morgan fingerprint density at radius 1 is 1.03 bits per heavy atom. The molecule has 1 saturated heterocycles. The van der Waals surface area contributed by atoms with Gasteiger partial charge in [-0.05, 0) is 51.3 Å². The normalized spacial score (nSPS) is 14.1. The number of pyridine rings is 2. The maximum Gasteiger partial charge on any atom is 0.256 e. The lowest BCUT2D eigenvalue weighted by Crippen LogP contribution is -2.31. The van der Waals surface area contributed by atoms with E-state index in [0.717, 1.165) is 54.1 Å². The van der Waals surface area contributed by atoms with E-state index in [1.807, 2.05) is 53.2 Å². The van der Waals surface area contributed by atoms with Crippen molar-refractivity contribution in [3.05, 3.63) is 66.5 Å². The van der Waals surface area contributed by atoms with E-state index in [0.29, 0.717) is 11.2 Å². The molecule has 1 aliphatic rings. The summed E-state index contributed by atoms with van der Waals surface area (Å²) in [4.78, 5) is 25.3. The van der Waals surface area contributed by atoms with E-state index in [2.05, 4.69) is 34.1 Å². The molecule has 0 radical (unpaired) electrons. The molecular weight excluding hydrogens is 412 g/mol. The number of carbonyl (C=O) groups is 1. The van der Waals surface area contributed by atoms with Crippen molar-refractivity contribution in [1.82, 2.24) is 19.7 Å². The SMILES string of the molecule is CC(C)n1ncc2c(C(=O)Nc3cccnc3N3CCCCC3)cc(-c3ccccc3)nc21. The molecule has 4 aromatic rings.